The van der Waals surface area contributed by atoms with Crippen LogP contribution in [0, 0.1) is 0 Å². The van der Waals surface area contributed by atoms with Gasteiger partial charge in [-0.15, -0.1) is 0 Å². The third-order valence-corrected chi connectivity index (χ3v) is 10.6. The van der Waals surface area contributed by atoms with E-state index in [1.54, 1.807) is 7.11 Å². The molecule has 0 unspecified atom stereocenters. The number of urea groups is 1. The van der Waals surface area contributed by atoms with Crippen LogP contribution in [0.3, 0.4) is 0 Å². The van der Waals surface area contributed by atoms with Crippen molar-refractivity contribution in [2.24, 2.45) is 0 Å². The van der Waals surface area contributed by atoms with Crippen molar-refractivity contribution in [2.45, 2.75) is 61.6 Å². The van der Waals surface area contributed by atoms with Crippen molar-refractivity contribution in [3.8, 4) is 5.75 Å². The highest BCUT2D eigenvalue weighted by Crippen LogP contribution is 2.38. The minimum atomic E-state index is -0.582. The molecule has 8 heteroatoms. The van der Waals surface area contributed by atoms with Crippen LogP contribution in [0.25, 0.3) is 0 Å². The predicted molar refractivity (Wildman–Crippen MR) is 185 cm³/mol. The summed E-state index contributed by atoms with van der Waals surface area (Å²) in [4.78, 5) is 24.2. The molecular weight excluding hydrogens is 593 g/mol. The van der Waals surface area contributed by atoms with Crippen molar-refractivity contribution in [3.05, 3.63) is 137 Å². The number of carbonyl (C=O) groups excluding carboxylic acids is 2. The van der Waals surface area contributed by atoms with Gasteiger partial charge >= 0.3 is 6.03 Å². The topological polar surface area (TPSA) is 91.5 Å². The van der Waals surface area contributed by atoms with Gasteiger partial charge in [-0.2, -0.15) is 11.8 Å². The second-order valence-electron chi connectivity index (χ2n) is 12.0. The number of nitrogens with one attached hydrogen (secondary N) is 4. The smallest absolute Gasteiger partial charge is 0.315 e. The van der Waals surface area contributed by atoms with Crippen LogP contribution in [-0.2, 0) is 23.4 Å². The number of amides is 3. The van der Waals surface area contributed by atoms with Crippen molar-refractivity contribution in [3.63, 3.8) is 0 Å². The summed E-state index contributed by atoms with van der Waals surface area (Å²) < 4.78 is 5.47. The molecular formula is C38H42N4O3S. The minimum absolute atomic E-state index is 0.0509. The molecule has 0 bridgehead atoms. The molecule has 0 aliphatic carbocycles. The highest BCUT2D eigenvalue weighted by molar-refractivity contribution is 8.00. The van der Waals surface area contributed by atoms with Crippen molar-refractivity contribution < 1.29 is 14.3 Å². The van der Waals surface area contributed by atoms with Gasteiger partial charge in [0.05, 0.1) is 24.7 Å². The molecule has 0 aromatic heterocycles. The van der Waals surface area contributed by atoms with Crippen LogP contribution in [0.4, 0.5) is 4.79 Å². The molecule has 2 aliphatic heterocycles. The number of hydrogen-bond donors (Lipinski definition) is 4. The Bertz CT molecular complexity index is 1540. The molecule has 4 N–H and O–H groups in total. The van der Waals surface area contributed by atoms with Gasteiger partial charge in [-0.1, -0.05) is 103 Å². The van der Waals surface area contributed by atoms with E-state index in [1.807, 2.05) is 36.0 Å². The van der Waals surface area contributed by atoms with Crippen LogP contribution in [0.2, 0.25) is 0 Å². The average Bonchev–Trinajstić information content (AvgIpc) is 3.66. The summed E-state index contributed by atoms with van der Waals surface area (Å²) in [6, 6.07) is 38.3. The lowest BCUT2D eigenvalue weighted by Crippen LogP contribution is -2.44. The van der Waals surface area contributed by atoms with Crippen molar-refractivity contribution in [2.75, 3.05) is 12.9 Å². The van der Waals surface area contributed by atoms with Gasteiger partial charge in [0.15, 0.2) is 0 Å². The number of thioether (sulfide) groups is 1. The molecule has 2 aliphatic rings. The summed E-state index contributed by atoms with van der Waals surface area (Å²) in [5.41, 5.74) is 5.07. The highest BCUT2D eigenvalue weighted by Gasteiger charge is 2.42. The Balaban J connectivity index is 1.06. The average molecular weight is 635 g/mol. The van der Waals surface area contributed by atoms with Crippen molar-refractivity contribution >= 4 is 23.7 Å². The maximum absolute atomic E-state index is 12.6. The van der Waals surface area contributed by atoms with Gasteiger partial charge in [0, 0.05) is 30.5 Å². The zero-order valence-electron chi connectivity index (χ0n) is 26.2. The fourth-order valence-corrected chi connectivity index (χ4v) is 8.14. The third-order valence-electron chi connectivity index (χ3n) is 9.09. The van der Waals surface area contributed by atoms with Crippen LogP contribution in [0.1, 0.15) is 53.5 Å². The molecule has 7 nitrogen and oxygen atoms in total. The molecule has 2 saturated heterocycles. The molecule has 0 radical (unpaired) electrons. The largest absolute Gasteiger partial charge is 0.497 e. The fourth-order valence-electron chi connectivity index (χ4n) is 6.60. The maximum Gasteiger partial charge on any atom is 0.315 e. The lowest BCUT2D eigenvalue weighted by molar-refractivity contribution is -0.121. The van der Waals surface area contributed by atoms with E-state index in [4.69, 9.17) is 4.74 Å². The van der Waals surface area contributed by atoms with E-state index < -0.39 is 5.54 Å². The molecule has 3 amide bonds. The van der Waals surface area contributed by atoms with Gasteiger partial charge in [-0.25, -0.2) is 4.79 Å². The van der Waals surface area contributed by atoms with E-state index >= 15 is 0 Å². The Morgan fingerprint density at radius 3 is 2.04 bits per heavy atom. The van der Waals surface area contributed by atoms with E-state index in [-0.39, 0.29) is 24.0 Å². The Hall–Kier alpha value is -4.27. The normalized spacial score (nSPS) is 18.8. The summed E-state index contributed by atoms with van der Waals surface area (Å²) in [5.74, 6) is 1.86. The summed E-state index contributed by atoms with van der Waals surface area (Å²) >= 11 is 1.92. The summed E-state index contributed by atoms with van der Waals surface area (Å²) in [6.45, 7) is 1.15. The van der Waals surface area contributed by atoms with E-state index in [0.717, 1.165) is 58.6 Å². The Kier molecular flexibility index (Phi) is 10.3. The molecule has 3 atom stereocenters. The molecule has 0 spiro atoms. The van der Waals surface area contributed by atoms with Gasteiger partial charge in [0.25, 0.3) is 0 Å². The van der Waals surface area contributed by atoms with E-state index in [9.17, 15) is 9.59 Å². The second kappa shape index (κ2) is 14.9. The standard InChI is InChI=1S/C38H42N4O3S/c1-45-32-22-20-31(21-23-32)38(29-10-4-2-5-11-29,30-12-6-3-7-13-30)40-25-28-18-16-27(17-19-28)24-39-35(43)15-9-8-14-34-36-33(26-46-34)41-37(44)42-36/h2-7,10-13,16-23,33-34,36,40H,8-9,14-15,24-26H2,1H3,(H,39,43)(H2,41,42,44)/t33-,34-,36-/m0/s1. The Morgan fingerprint density at radius 1 is 0.804 bits per heavy atom. The summed E-state index contributed by atoms with van der Waals surface area (Å²) in [7, 11) is 1.69. The van der Waals surface area contributed by atoms with E-state index in [2.05, 4.69) is 106 Å². The lowest BCUT2D eigenvalue weighted by Gasteiger charge is -2.37. The van der Waals surface area contributed by atoms with E-state index in [0.29, 0.717) is 24.8 Å². The molecule has 0 saturated carbocycles. The second-order valence-corrected chi connectivity index (χ2v) is 13.3. The number of rotatable bonds is 14. The molecule has 6 rings (SSSR count). The number of ether oxygens (including phenoxy) is 1. The van der Waals surface area contributed by atoms with Crippen LogP contribution in [0.5, 0.6) is 5.75 Å². The van der Waals surface area contributed by atoms with Gasteiger partial charge in [0.2, 0.25) is 5.91 Å². The molecule has 4 aromatic carbocycles. The molecule has 2 heterocycles. The Morgan fingerprint density at radius 2 is 1.41 bits per heavy atom. The maximum atomic E-state index is 12.6. The number of hydrogen-bond acceptors (Lipinski definition) is 5. The highest BCUT2D eigenvalue weighted by atomic mass is 32.2. The number of benzene rings is 4. The Labute approximate surface area is 275 Å². The first-order valence-corrected chi connectivity index (χ1v) is 17.1. The molecule has 2 fully saturated rings. The van der Waals surface area contributed by atoms with Crippen LogP contribution in [0.15, 0.2) is 109 Å². The molecule has 4 aromatic rings. The van der Waals surface area contributed by atoms with Gasteiger partial charge in [-0.05, 0) is 52.8 Å². The molecule has 46 heavy (non-hydrogen) atoms. The van der Waals surface area contributed by atoms with Gasteiger partial charge in [0.1, 0.15) is 5.75 Å². The summed E-state index contributed by atoms with van der Waals surface area (Å²) in [5, 5.41) is 13.5. The number of carbonyl (C=O) groups is 2. The summed E-state index contributed by atoms with van der Waals surface area (Å²) in [6.07, 6.45) is 3.37. The zero-order valence-corrected chi connectivity index (χ0v) is 27.0. The monoisotopic (exact) mass is 634 g/mol. The van der Waals surface area contributed by atoms with E-state index in [1.165, 1.54) is 0 Å². The van der Waals surface area contributed by atoms with Crippen LogP contribution >= 0.6 is 11.8 Å². The number of unbranched alkanes of at least 4 members (excludes halogenated alkanes) is 1. The number of methoxy groups -OCH3 is 1. The van der Waals surface area contributed by atoms with Gasteiger partial charge < -0.3 is 20.7 Å². The van der Waals surface area contributed by atoms with Gasteiger partial charge in [-0.3, -0.25) is 10.1 Å². The van der Waals surface area contributed by atoms with Crippen molar-refractivity contribution in [1.29, 1.82) is 0 Å². The SMILES string of the molecule is COc1ccc(C(NCc2ccc(CNC(=O)CCCC[C@@H]3SC[C@@H]4NC(=O)N[C@@H]43)cc2)(c2ccccc2)c2ccccc2)cc1. The van der Waals surface area contributed by atoms with Crippen molar-refractivity contribution in [1.82, 2.24) is 21.3 Å². The first-order valence-electron chi connectivity index (χ1n) is 16.1. The lowest BCUT2D eigenvalue weighted by atomic mass is 9.77. The van der Waals surface area contributed by atoms with Crippen LogP contribution < -0.4 is 26.0 Å². The minimum Gasteiger partial charge on any atom is -0.497 e. The van der Waals surface area contributed by atoms with Crippen LogP contribution in [-0.4, -0.2) is 42.1 Å². The number of fused-ring (bicyclic) bond motifs is 1. The fraction of sp³-hybridized carbons (Fsp3) is 0.316. The predicted octanol–water partition coefficient (Wildman–Crippen LogP) is 6.12. The third kappa shape index (κ3) is 7.24. The molecule has 238 valence electrons. The zero-order chi connectivity index (χ0) is 31.8. The first kappa shape index (κ1) is 31.7. The first-order chi connectivity index (χ1) is 22.5. The quantitative estimate of drug-likeness (QED) is 0.0763.